The van der Waals surface area contributed by atoms with Crippen molar-refractivity contribution in [2.75, 3.05) is 21.3 Å². The largest absolute Gasteiger partial charge is 0.497 e. The van der Waals surface area contributed by atoms with Gasteiger partial charge in [0.05, 0.1) is 43.2 Å². The van der Waals surface area contributed by atoms with Crippen LogP contribution in [0.25, 0.3) is 6.08 Å². The number of thiazole rings is 1. The van der Waals surface area contributed by atoms with E-state index in [1.165, 1.54) is 36.2 Å². The molecule has 8 nitrogen and oxygen atoms in total. The average molecular weight is 593 g/mol. The fourth-order valence-electron chi connectivity index (χ4n) is 4.69. The van der Waals surface area contributed by atoms with Crippen LogP contribution in [0.3, 0.4) is 0 Å². The molecule has 0 spiro atoms. The number of halogens is 2. The van der Waals surface area contributed by atoms with Crippen molar-refractivity contribution in [2.45, 2.75) is 19.6 Å². The van der Waals surface area contributed by atoms with E-state index < -0.39 is 23.6 Å². The molecule has 2 heterocycles. The smallest absolute Gasteiger partial charge is 0.338 e. The van der Waals surface area contributed by atoms with Gasteiger partial charge in [-0.1, -0.05) is 29.5 Å². The monoisotopic (exact) mass is 592 g/mol. The summed E-state index contributed by atoms with van der Waals surface area (Å²) in [5, 5.41) is 0. The Hall–Kier alpha value is -4.77. The van der Waals surface area contributed by atoms with E-state index in [0.29, 0.717) is 43.2 Å². The van der Waals surface area contributed by atoms with Crippen molar-refractivity contribution in [2.24, 2.45) is 4.99 Å². The highest BCUT2D eigenvalue weighted by atomic mass is 32.1. The van der Waals surface area contributed by atoms with E-state index in [1.54, 1.807) is 62.6 Å². The number of esters is 1. The van der Waals surface area contributed by atoms with Crippen molar-refractivity contribution in [1.29, 1.82) is 0 Å². The number of aromatic nitrogens is 1. The SMILES string of the molecule is COC(=O)C1=C(C)N=c2sc(=Cc3ccc(OC)c(COc4ccc(F)cc4F)c3)c(=O)n2[C@@H]1c1ccc(OC)cc1. The van der Waals surface area contributed by atoms with Gasteiger partial charge in [-0.15, -0.1) is 0 Å². The number of carbonyl (C=O) groups excluding carboxylic acids is 1. The molecule has 0 saturated carbocycles. The minimum atomic E-state index is -0.820. The van der Waals surface area contributed by atoms with Crippen molar-refractivity contribution in [1.82, 2.24) is 4.57 Å². The van der Waals surface area contributed by atoms with Crippen LogP contribution in [0.4, 0.5) is 8.78 Å². The lowest BCUT2D eigenvalue weighted by Gasteiger charge is -2.24. The number of ether oxygens (including phenoxy) is 4. The van der Waals surface area contributed by atoms with E-state index in [-0.39, 0.29) is 23.5 Å². The number of hydrogen-bond acceptors (Lipinski definition) is 8. The highest BCUT2D eigenvalue weighted by Crippen LogP contribution is 2.31. The number of nitrogens with zero attached hydrogens (tertiary/aromatic N) is 2. The Kier molecular flexibility index (Phi) is 8.21. The maximum atomic E-state index is 14.1. The summed E-state index contributed by atoms with van der Waals surface area (Å²) in [5.74, 6) is -1.08. The van der Waals surface area contributed by atoms with Crippen LogP contribution in [0, 0.1) is 11.6 Å². The molecule has 1 aromatic heterocycles. The molecule has 1 aliphatic rings. The summed E-state index contributed by atoms with van der Waals surface area (Å²) < 4.78 is 50.6. The molecule has 0 bridgehead atoms. The molecule has 0 aliphatic carbocycles. The lowest BCUT2D eigenvalue weighted by molar-refractivity contribution is -0.136. The average Bonchev–Trinajstić information content (AvgIpc) is 3.29. The number of methoxy groups -OCH3 is 3. The van der Waals surface area contributed by atoms with E-state index in [1.807, 2.05) is 0 Å². The number of hydrogen-bond donors (Lipinski definition) is 0. The number of allylic oxidation sites excluding steroid dienone is 1. The Morgan fingerprint density at radius 1 is 1.00 bits per heavy atom. The van der Waals surface area contributed by atoms with Gasteiger partial charge in [0, 0.05) is 11.6 Å². The van der Waals surface area contributed by atoms with Crippen LogP contribution in [-0.2, 0) is 16.1 Å². The quantitative estimate of drug-likeness (QED) is 0.284. The normalized spacial score (nSPS) is 14.7. The predicted molar refractivity (Wildman–Crippen MR) is 152 cm³/mol. The zero-order valence-electron chi connectivity index (χ0n) is 23.1. The standard InChI is InChI=1S/C31H26F2N2O6S/c1-17-27(30(37)40-4)28(19-6-9-22(38-2)10-7-19)35-29(36)26(42-31(35)34-17)14-18-5-11-24(39-3)20(13-18)16-41-25-12-8-21(32)15-23(25)33/h5-15,28H,16H2,1-4H3/t28-/m1/s1. The van der Waals surface area contributed by atoms with Gasteiger partial charge >= 0.3 is 5.97 Å². The molecule has 0 amide bonds. The van der Waals surface area contributed by atoms with Gasteiger partial charge in [-0.05, 0) is 60.5 Å². The minimum Gasteiger partial charge on any atom is -0.497 e. The first-order chi connectivity index (χ1) is 20.2. The summed E-state index contributed by atoms with van der Waals surface area (Å²) >= 11 is 1.19. The summed E-state index contributed by atoms with van der Waals surface area (Å²) in [6.07, 6.45) is 1.70. The molecule has 216 valence electrons. The highest BCUT2D eigenvalue weighted by molar-refractivity contribution is 7.07. The summed E-state index contributed by atoms with van der Waals surface area (Å²) in [7, 11) is 4.34. The van der Waals surface area contributed by atoms with Gasteiger partial charge in [0.25, 0.3) is 5.56 Å². The lowest BCUT2D eigenvalue weighted by atomic mass is 9.96. The van der Waals surface area contributed by atoms with Crippen LogP contribution in [0.5, 0.6) is 17.2 Å². The Bertz CT molecular complexity index is 1880. The maximum absolute atomic E-state index is 14.1. The first-order valence-corrected chi connectivity index (χ1v) is 13.5. The molecule has 0 fully saturated rings. The molecular weight excluding hydrogens is 566 g/mol. The van der Waals surface area contributed by atoms with Gasteiger partial charge in [0.1, 0.15) is 23.9 Å². The second kappa shape index (κ2) is 12.0. The lowest BCUT2D eigenvalue weighted by Crippen LogP contribution is -2.39. The number of benzene rings is 3. The van der Waals surface area contributed by atoms with Crippen molar-refractivity contribution in [3.8, 4) is 17.2 Å². The third-order valence-electron chi connectivity index (χ3n) is 6.74. The first-order valence-electron chi connectivity index (χ1n) is 12.7. The molecule has 0 saturated heterocycles. The van der Waals surface area contributed by atoms with Crippen LogP contribution in [-0.4, -0.2) is 31.9 Å². The van der Waals surface area contributed by atoms with Crippen LogP contribution in [0.1, 0.15) is 29.7 Å². The predicted octanol–water partition coefficient (Wildman–Crippen LogP) is 4.28. The fraction of sp³-hybridized carbons (Fsp3) is 0.194. The van der Waals surface area contributed by atoms with Gasteiger partial charge in [-0.25, -0.2) is 18.6 Å². The third-order valence-corrected chi connectivity index (χ3v) is 7.72. The molecule has 0 radical (unpaired) electrons. The molecule has 1 atom stereocenters. The molecule has 3 aromatic carbocycles. The summed E-state index contributed by atoms with van der Waals surface area (Å²) in [6, 6.07) is 14.6. The van der Waals surface area contributed by atoms with E-state index in [0.717, 1.165) is 12.1 Å². The van der Waals surface area contributed by atoms with Gasteiger partial charge in [-0.3, -0.25) is 9.36 Å². The zero-order valence-corrected chi connectivity index (χ0v) is 24.0. The molecule has 1 aliphatic heterocycles. The number of rotatable bonds is 8. The van der Waals surface area contributed by atoms with E-state index in [9.17, 15) is 18.4 Å². The Labute approximate surface area is 243 Å². The maximum Gasteiger partial charge on any atom is 0.338 e. The number of carbonyl (C=O) groups is 1. The first kappa shape index (κ1) is 28.7. The second-order valence-electron chi connectivity index (χ2n) is 9.28. The second-order valence-corrected chi connectivity index (χ2v) is 10.3. The van der Waals surface area contributed by atoms with E-state index >= 15 is 0 Å². The van der Waals surface area contributed by atoms with E-state index in [2.05, 4.69) is 4.99 Å². The van der Waals surface area contributed by atoms with Crippen molar-refractivity contribution in [3.05, 3.63) is 120 Å². The van der Waals surface area contributed by atoms with Crippen molar-refractivity contribution >= 4 is 23.4 Å². The van der Waals surface area contributed by atoms with Gasteiger partial charge in [0.15, 0.2) is 16.4 Å². The molecule has 42 heavy (non-hydrogen) atoms. The van der Waals surface area contributed by atoms with Crippen LogP contribution in [0.15, 0.2) is 81.7 Å². The van der Waals surface area contributed by atoms with Gasteiger partial charge in [-0.2, -0.15) is 0 Å². The molecule has 4 aromatic rings. The van der Waals surface area contributed by atoms with Crippen molar-refractivity contribution < 1.29 is 32.5 Å². The number of fused-ring (bicyclic) bond motifs is 1. The Morgan fingerprint density at radius 2 is 1.74 bits per heavy atom. The molecule has 0 unspecified atom stereocenters. The molecule has 11 heteroatoms. The van der Waals surface area contributed by atoms with Gasteiger partial charge in [0.2, 0.25) is 0 Å². The summed E-state index contributed by atoms with van der Waals surface area (Å²) in [5.41, 5.74) is 2.31. The Balaban J connectivity index is 1.57. The zero-order chi connectivity index (χ0) is 30.0. The summed E-state index contributed by atoms with van der Waals surface area (Å²) in [4.78, 5) is 31.7. The van der Waals surface area contributed by atoms with E-state index in [4.69, 9.17) is 18.9 Å². The molecule has 0 N–H and O–H groups in total. The minimum absolute atomic E-state index is 0.0617. The molecule has 5 rings (SSSR count). The van der Waals surface area contributed by atoms with Crippen LogP contribution in [0.2, 0.25) is 0 Å². The van der Waals surface area contributed by atoms with Crippen LogP contribution < -0.4 is 29.1 Å². The van der Waals surface area contributed by atoms with Crippen molar-refractivity contribution in [3.63, 3.8) is 0 Å². The Morgan fingerprint density at radius 3 is 2.40 bits per heavy atom. The highest BCUT2D eigenvalue weighted by Gasteiger charge is 2.33. The molecular formula is C31H26F2N2O6S. The van der Waals surface area contributed by atoms with Gasteiger partial charge < -0.3 is 18.9 Å². The summed E-state index contributed by atoms with van der Waals surface area (Å²) in [6.45, 7) is 1.65. The van der Waals surface area contributed by atoms with Crippen LogP contribution >= 0.6 is 11.3 Å². The fourth-order valence-corrected chi connectivity index (χ4v) is 5.74. The topological polar surface area (TPSA) is 88.4 Å². The third kappa shape index (κ3) is 5.55.